The highest BCUT2D eigenvalue weighted by Crippen LogP contribution is 2.31. The Hall–Kier alpha value is -1.39. The van der Waals surface area contributed by atoms with Crippen molar-refractivity contribution >= 4 is 17.5 Å². The maximum absolute atomic E-state index is 12.2. The molecule has 1 aliphatic heterocycles. The van der Waals surface area contributed by atoms with Crippen molar-refractivity contribution in [1.29, 1.82) is 0 Å². The smallest absolute Gasteiger partial charge is 0.259 e. The zero-order chi connectivity index (χ0) is 16.8. The van der Waals surface area contributed by atoms with Gasteiger partial charge in [-0.1, -0.05) is 27.2 Å². The molecule has 0 aromatic rings. The van der Waals surface area contributed by atoms with Crippen molar-refractivity contribution in [2.24, 2.45) is 22.9 Å². The molecular weight excluding hydrogens is 290 g/mol. The van der Waals surface area contributed by atoms with Crippen LogP contribution in [0.4, 0.5) is 0 Å². The van der Waals surface area contributed by atoms with Gasteiger partial charge < -0.3 is 4.90 Å². The summed E-state index contributed by atoms with van der Waals surface area (Å²) in [6.45, 7) is 7.50. The van der Waals surface area contributed by atoms with Crippen molar-refractivity contribution in [3.63, 3.8) is 0 Å². The second kappa shape index (κ2) is 8.46. The molecule has 1 saturated heterocycles. The predicted octanol–water partition coefficient (Wildman–Crippen LogP) is 2.95. The maximum Gasteiger partial charge on any atom is 0.259 e. The third-order valence-corrected chi connectivity index (χ3v) is 5.09. The lowest BCUT2D eigenvalue weighted by molar-refractivity contribution is -0.135. The predicted molar refractivity (Wildman–Crippen MR) is 92.0 cm³/mol. The quantitative estimate of drug-likeness (QED) is 0.809. The van der Waals surface area contributed by atoms with Crippen LogP contribution in [0.25, 0.3) is 0 Å². The molecule has 2 amide bonds. The Kier molecular flexibility index (Phi) is 6.60. The summed E-state index contributed by atoms with van der Waals surface area (Å²) in [5.41, 5.74) is 3.82. The Balaban J connectivity index is 1.91. The molecule has 2 aliphatic rings. The zero-order valence-corrected chi connectivity index (χ0v) is 14.8. The van der Waals surface area contributed by atoms with Gasteiger partial charge in [-0.25, -0.2) is 5.43 Å². The monoisotopic (exact) mass is 321 g/mol. The van der Waals surface area contributed by atoms with Gasteiger partial charge in [-0.3, -0.25) is 9.59 Å². The molecule has 1 aliphatic carbocycles. The summed E-state index contributed by atoms with van der Waals surface area (Å²) >= 11 is 0. The van der Waals surface area contributed by atoms with Crippen molar-refractivity contribution in [2.75, 3.05) is 13.1 Å². The van der Waals surface area contributed by atoms with Crippen molar-refractivity contribution < 1.29 is 9.59 Å². The first-order valence-corrected chi connectivity index (χ1v) is 9.10. The molecule has 2 fully saturated rings. The van der Waals surface area contributed by atoms with Crippen LogP contribution in [0.3, 0.4) is 0 Å². The van der Waals surface area contributed by atoms with Gasteiger partial charge in [0, 0.05) is 24.6 Å². The molecule has 0 spiro atoms. The number of carbonyl (C=O) groups is 2. The summed E-state index contributed by atoms with van der Waals surface area (Å²) in [7, 11) is 0. The number of amides is 2. The lowest BCUT2D eigenvalue weighted by atomic mass is 9.76. The van der Waals surface area contributed by atoms with Crippen LogP contribution in [-0.4, -0.2) is 35.5 Å². The Morgan fingerprint density at radius 2 is 2.09 bits per heavy atom. The summed E-state index contributed by atoms with van der Waals surface area (Å²) in [6, 6.07) is 0. The summed E-state index contributed by atoms with van der Waals surface area (Å²) in [5.74, 6) is 1.56. The fraction of sp³-hybridized carbons (Fsp3) is 0.833. The van der Waals surface area contributed by atoms with E-state index in [1.54, 1.807) is 4.90 Å². The van der Waals surface area contributed by atoms with Crippen molar-refractivity contribution in [1.82, 2.24) is 10.3 Å². The van der Waals surface area contributed by atoms with Crippen LogP contribution in [0.2, 0.25) is 0 Å². The van der Waals surface area contributed by atoms with E-state index in [0.717, 1.165) is 37.8 Å². The van der Waals surface area contributed by atoms with Crippen molar-refractivity contribution in [3.8, 4) is 0 Å². The molecule has 130 valence electrons. The van der Waals surface area contributed by atoms with Gasteiger partial charge in [-0.15, -0.1) is 0 Å². The molecule has 23 heavy (non-hydrogen) atoms. The SMILES string of the molecule is CC1CCC(C(C)C)C(=NNC(=O)CN2CCCCCC2=O)C1. The Bertz CT molecular complexity index is 459. The minimum absolute atomic E-state index is 0.0941. The number of rotatable bonds is 4. The lowest BCUT2D eigenvalue weighted by Gasteiger charge is -2.30. The summed E-state index contributed by atoms with van der Waals surface area (Å²) in [6.07, 6.45) is 6.91. The first-order valence-electron chi connectivity index (χ1n) is 9.10. The molecule has 0 bridgehead atoms. The molecule has 0 aromatic heterocycles. The first kappa shape index (κ1) is 18.0. The van der Waals surface area contributed by atoms with Gasteiger partial charge in [-0.2, -0.15) is 5.10 Å². The number of likely N-dealkylation sites (tertiary alicyclic amines) is 1. The van der Waals surface area contributed by atoms with E-state index in [0.29, 0.717) is 30.7 Å². The first-order chi connectivity index (χ1) is 11.0. The van der Waals surface area contributed by atoms with Gasteiger partial charge >= 0.3 is 0 Å². The second-order valence-corrected chi connectivity index (χ2v) is 7.50. The van der Waals surface area contributed by atoms with E-state index in [9.17, 15) is 9.59 Å². The van der Waals surface area contributed by atoms with E-state index < -0.39 is 0 Å². The minimum Gasteiger partial charge on any atom is -0.333 e. The molecule has 1 saturated carbocycles. The number of hydrogen-bond donors (Lipinski definition) is 1. The molecule has 1 N–H and O–H groups in total. The Morgan fingerprint density at radius 1 is 1.30 bits per heavy atom. The van der Waals surface area contributed by atoms with Gasteiger partial charge in [0.15, 0.2) is 0 Å². The van der Waals surface area contributed by atoms with E-state index in [1.807, 2.05) is 0 Å². The maximum atomic E-state index is 12.2. The van der Waals surface area contributed by atoms with Crippen LogP contribution in [-0.2, 0) is 9.59 Å². The highest BCUT2D eigenvalue weighted by molar-refractivity contribution is 5.90. The second-order valence-electron chi connectivity index (χ2n) is 7.50. The van der Waals surface area contributed by atoms with Crippen LogP contribution >= 0.6 is 0 Å². The highest BCUT2D eigenvalue weighted by atomic mass is 16.2. The van der Waals surface area contributed by atoms with Crippen LogP contribution < -0.4 is 5.43 Å². The molecule has 1 heterocycles. The van der Waals surface area contributed by atoms with Gasteiger partial charge in [0.1, 0.15) is 6.54 Å². The number of nitrogens with one attached hydrogen (secondary N) is 1. The third kappa shape index (κ3) is 5.33. The van der Waals surface area contributed by atoms with Crippen LogP contribution in [0.5, 0.6) is 0 Å². The summed E-state index contributed by atoms with van der Waals surface area (Å²) < 4.78 is 0. The van der Waals surface area contributed by atoms with E-state index >= 15 is 0 Å². The van der Waals surface area contributed by atoms with E-state index in [-0.39, 0.29) is 18.4 Å². The third-order valence-electron chi connectivity index (χ3n) is 5.09. The number of carbonyl (C=O) groups excluding carboxylic acids is 2. The standard InChI is InChI=1S/C18H31N3O2/c1-13(2)15-9-8-14(3)11-16(15)19-20-17(22)12-21-10-6-4-5-7-18(21)23/h13-15H,4-12H2,1-3H3,(H,20,22). The average molecular weight is 321 g/mol. The number of hydrazone groups is 1. The lowest BCUT2D eigenvalue weighted by Crippen LogP contribution is -2.40. The largest absolute Gasteiger partial charge is 0.333 e. The molecule has 5 heteroatoms. The molecule has 2 unspecified atom stereocenters. The fourth-order valence-corrected chi connectivity index (χ4v) is 3.64. The molecule has 0 aromatic carbocycles. The van der Waals surface area contributed by atoms with Gasteiger partial charge in [0.05, 0.1) is 0 Å². The summed E-state index contributed by atoms with van der Waals surface area (Å²) in [5, 5.41) is 4.43. The van der Waals surface area contributed by atoms with Gasteiger partial charge in [0.2, 0.25) is 5.91 Å². The number of nitrogens with zero attached hydrogens (tertiary/aromatic N) is 2. The fourth-order valence-electron chi connectivity index (χ4n) is 3.64. The topological polar surface area (TPSA) is 61.8 Å². The average Bonchev–Trinajstić information content (AvgIpc) is 2.70. The van der Waals surface area contributed by atoms with Crippen LogP contribution in [0.1, 0.15) is 65.7 Å². The van der Waals surface area contributed by atoms with Gasteiger partial charge in [0.25, 0.3) is 5.91 Å². The molecule has 2 atom stereocenters. The van der Waals surface area contributed by atoms with Crippen molar-refractivity contribution in [2.45, 2.75) is 65.7 Å². The van der Waals surface area contributed by atoms with Gasteiger partial charge in [-0.05, 0) is 43.9 Å². The molecular formula is C18H31N3O2. The van der Waals surface area contributed by atoms with E-state index in [1.165, 1.54) is 6.42 Å². The highest BCUT2D eigenvalue weighted by Gasteiger charge is 2.27. The molecule has 5 nitrogen and oxygen atoms in total. The Morgan fingerprint density at radius 3 is 2.83 bits per heavy atom. The summed E-state index contributed by atoms with van der Waals surface area (Å²) in [4.78, 5) is 25.8. The zero-order valence-electron chi connectivity index (χ0n) is 14.8. The van der Waals surface area contributed by atoms with Crippen LogP contribution in [0.15, 0.2) is 5.10 Å². The molecule has 2 rings (SSSR count). The number of hydrogen-bond acceptors (Lipinski definition) is 3. The van der Waals surface area contributed by atoms with Crippen LogP contribution in [0, 0.1) is 17.8 Å². The van der Waals surface area contributed by atoms with E-state index in [2.05, 4.69) is 31.3 Å². The van der Waals surface area contributed by atoms with E-state index in [4.69, 9.17) is 0 Å². The Labute approximate surface area is 139 Å². The van der Waals surface area contributed by atoms with Crippen molar-refractivity contribution in [3.05, 3.63) is 0 Å². The molecule has 0 radical (unpaired) electrons. The minimum atomic E-state index is -0.173. The normalized spacial score (nSPS) is 28.1.